The van der Waals surface area contributed by atoms with Crippen LogP contribution in [0.1, 0.15) is 18.1 Å². The number of aliphatic imine (C=N–C) groups is 1. The lowest BCUT2D eigenvalue weighted by Gasteiger charge is -2.40. The third-order valence-corrected chi connectivity index (χ3v) is 6.33. The van der Waals surface area contributed by atoms with E-state index in [1.807, 2.05) is 11.8 Å². The van der Waals surface area contributed by atoms with Crippen LogP contribution in [0.3, 0.4) is 0 Å². The van der Waals surface area contributed by atoms with E-state index < -0.39 is 18.2 Å². The number of rotatable bonds is 6. The Morgan fingerprint density at radius 3 is 2.61 bits per heavy atom. The van der Waals surface area contributed by atoms with Gasteiger partial charge >= 0.3 is 6.03 Å². The molecule has 1 aromatic rings. The van der Waals surface area contributed by atoms with E-state index in [0.717, 1.165) is 38.7 Å². The largest absolute Gasteiger partial charge is 0.380 e. The van der Waals surface area contributed by atoms with Gasteiger partial charge in [0.05, 0.1) is 6.61 Å². The van der Waals surface area contributed by atoms with Crippen molar-refractivity contribution >= 4 is 17.9 Å². The second kappa shape index (κ2) is 9.23. The van der Waals surface area contributed by atoms with Gasteiger partial charge in [0.25, 0.3) is 5.91 Å². The molecule has 0 bridgehead atoms. The van der Waals surface area contributed by atoms with Gasteiger partial charge in [0, 0.05) is 52.9 Å². The van der Waals surface area contributed by atoms with Crippen LogP contribution in [0.15, 0.2) is 29.3 Å². The van der Waals surface area contributed by atoms with Gasteiger partial charge < -0.3 is 19.4 Å². The number of nitrogens with zero attached hydrogens (tertiary/aromatic N) is 5. The van der Waals surface area contributed by atoms with Gasteiger partial charge in [-0.3, -0.25) is 15.0 Å². The summed E-state index contributed by atoms with van der Waals surface area (Å²) in [5.41, 5.74) is 2.67. The fraction of sp³-hybridized carbons (Fsp3) is 0.591. The van der Waals surface area contributed by atoms with Crippen molar-refractivity contribution < 1.29 is 14.3 Å². The summed E-state index contributed by atoms with van der Waals surface area (Å²) in [6.07, 6.45) is -0.497. The summed E-state index contributed by atoms with van der Waals surface area (Å²) < 4.78 is 5.55. The Hall–Kier alpha value is -2.65. The lowest BCUT2D eigenvalue weighted by Crippen LogP contribution is -2.65. The monoisotopic (exact) mass is 428 g/mol. The molecule has 0 saturated carbocycles. The Morgan fingerprint density at radius 1 is 1.16 bits per heavy atom. The van der Waals surface area contributed by atoms with Crippen LogP contribution in [-0.2, 0) is 16.1 Å². The maximum atomic E-state index is 12.6. The molecule has 1 aromatic carbocycles. The molecule has 3 amide bonds. The van der Waals surface area contributed by atoms with Crippen LogP contribution in [0.4, 0.5) is 4.79 Å². The van der Waals surface area contributed by atoms with Crippen LogP contribution >= 0.6 is 0 Å². The van der Waals surface area contributed by atoms with E-state index in [1.165, 1.54) is 16.0 Å². The molecule has 0 spiro atoms. The topological polar surface area (TPSA) is 80.7 Å². The number of hydrogen-bond acceptors (Lipinski definition) is 7. The Kier molecular flexibility index (Phi) is 6.43. The van der Waals surface area contributed by atoms with Crippen molar-refractivity contribution in [3.05, 3.63) is 35.4 Å². The van der Waals surface area contributed by atoms with E-state index in [4.69, 9.17) is 9.73 Å². The Labute approximate surface area is 183 Å². The average molecular weight is 429 g/mol. The minimum atomic E-state index is -0.511. The highest BCUT2D eigenvalue weighted by atomic mass is 16.5. The molecule has 9 nitrogen and oxygen atoms in total. The van der Waals surface area contributed by atoms with Gasteiger partial charge in [-0.2, -0.15) is 0 Å². The highest BCUT2D eigenvalue weighted by Gasteiger charge is 2.49. The van der Waals surface area contributed by atoms with Crippen molar-refractivity contribution in [1.29, 1.82) is 0 Å². The standard InChI is InChI=1S/C22H32N6O3/c1-4-31-14-13-28-18-19(25(3)22(30)24-20(18)29)23-21(28)27-11-9-26(10-12-27)15-17-8-6-5-7-16(17)2/h5-8,18-19H,4,9-15H2,1-3H3,(H,24,29,30). The molecule has 168 valence electrons. The molecule has 4 rings (SSSR count). The third kappa shape index (κ3) is 4.38. The van der Waals surface area contributed by atoms with E-state index in [-0.39, 0.29) is 5.91 Å². The Balaban J connectivity index is 1.46. The number of piperazine rings is 1. The number of carbonyl (C=O) groups is 2. The van der Waals surface area contributed by atoms with Crippen molar-refractivity contribution in [3.63, 3.8) is 0 Å². The van der Waals surface area contributed by atoms with E-state index in [2.05, 4.69) is 46.3 Å². The number of amides is 3. The fourth-order valence-electron chi connectivity index (χ4n) is 4.46. The highest BCUT2D eigenvalue weighted by Crippen LogP contribution is 2.26. The first-order valence-electron chi connectivity index (χ1n) is 11.0. The maximum Gasteiger partial charge on any atom is 0.325 e. The molecule has 2 saturated heterocycles. The maximum absolute atomic E-state index is 12.6. The quantitative estimate of drug-likeness (QED) is 0.672. The molecule has 31 heavy (non-hydrogen) atoms. The first kappa shape index (κ1) is 21.6. The van der Waals surface area contributed by atoms with Gasteiger partial charge in [0.1, 0.15) is 0 Å². The molecule has 1 N–H and O–H groups in total. The van der Waals surface area contributed by atoms with E-state index >= 15 is 0 Å². The molecule has 2 atom stereocenters. The van der Waals surface area contributed by atoms with Crippen LogP contribution in [0.5, 0.6) is 0 Å². The third-order valence-electron chi connectivity index (χ3n) is 6.33. The number of ether oxygens (including phenoxy) is 1. The first-order valence-corrected chi connectivity index (χ1v) is 11.0. The zero-order valence-corrected chi connectivity index (χ0v) is 18.6. The summed E-state index contributed by atoms with van der Waals surface area (Å²) in [5, 5.41) is 2.45. The minimum absolute atomic E-state index is 0.290. The predicted molar refractivity (Wildman–Crippen MR) is 118 cm³/mol. The zero-order chi connectivity index (χ0) is 22.0. The summed E-state index contributed by atoms with van der Waals surface area (Å²) in [6, 6.07) is 7.59. The number of aryl methyl sites for hydroxylation is 1. The summed E-state index contributed by atoms with van der Waals surface area (Å²) >= 11 is 0. The van der Waals surface area contributed by atoms with Gasteiger partial charge in [0.15, 0.2) is 18.2 Å². The highest BCUT2D eigenvalue weighted by molar-refractivity contribution is 6.03. The summed E-state index contributed by atoms with van der Waals surface area (Å²) in [5.74, 6) is 0.503. The van der Waals surface area contributed by atoms with Crippen LogP contribution in [0.25, 0.3) is 0 Å². The number of likely N-dealkylation sites (N-methyl/N-ethyl adjacent to an activating group) is 1. The molecule has 0 aromatic heterocycles. The minimum Gasteiger partial charge on any atom is -0.380 e. The number of guanidine groups is 1. The van der Waals surface area contributed by atoms with Gasteiger partial charge in [-0.1, -0.05) is 24.3 Å². The molecule has 3 aliphatic rings. The molecule has 9 heteroatoms. The van der Waals surface area contributed by atoms with Crippen LogP contribution < -0.4 is 5.32 Å². The first-order chi connectivity index (χ1) is 15.0. The zero-order valence-electron chi connectivity index (χ0n) is 18.6. The van der Waals surface area contributed by atoms with Crippen molar-refractivity contribution in [1.82, 2.24) is 24.9 Å². The van der Waals surface area contributed by atoms with Crippen LogP contribution in [0, 0.1) is 6.92 Å². The number of nitrogens with one attached hydrogen (secondary N) is 1. The molecular formula is C22H32N6O3. The van der Waals surface area contributed by atoms with Crippen molar-refractivity contribution in [2.75, 3.05) is 53.0 Å². The van der Waals surface area contributed by atoms with Gasteiger partial charge in [-0.05, 0) is 25.0 Å². The number of imide groups is 1. The lowest BCUT2D eigenvalue weighted by molar-refractivity contribution is -0.127. The Bertz CT molecular complexity index is 851. The number of fused-ring (bicyclic) bond motifs is 1. The van der Waals surface area contributed by atoms with Crippen molar-refractivity contribution in [2.45, 2.75) is 32.6 Å². The second-order valence-electron chi connectivity index (χ2n) is 8.27. The molecular weight excluding hydrogens is 396 g/mol. The number of carbonyl (C=O) groups excluding carboxylic acids is 2. The molecule has 0 radical (unpaired) electrons. The average Bonchev–Trinajstić information content (AvgIpc) is 3.15. The normalized spacial score (nSPS) is 24.4. The fourth-order valence-corrected chi connectivity index (χ4v) is 4.46. The molecule has 3 heterocycles. The van der Waals surface area contributed by atoms with Crippen molar-refractivity contribution in [2.24, 2.45) is 4.99 Å². The number of benzene rings is 1. The SMILES string of the molecule is CCOCCN1C(N2CCN(Cc3ccccc3C)CC2)=NC2C1C(=O)NC(=O)N2C. The second-order valence-corrected chi connectivity index (χ2v) is 8.27. The molecule has 3 aliphatic heterocycles. The van der Waals surface area contributed by atoms with Gasteiger partial charge in [0.2, 0.25) is 0 Å². The Morgan fingerprint density at radius 2 is 1.90 bits per heavy atom. The molecule has 2 fully saturated rings. The predicted octanol–water partition coefficient (Wildman–Crippen LogP) is 0.697. The number of hydrogen-bond donors (Lipinski definition) is 1. The van der Waals surface area contributed by atoms with E-state index in [0.29, 0.717) is 19.8 Å². The van der Waals surface area contributed by atoms with Crippen LogP contribution in [-0.4, -0.2) is 103 Å². The van der Waals surface area contributed by atoms with Gasteiger partial charge in [-0.25, -0.2) is 9.79 Å². The lowest BCUT2D eigenvalue weighted by atomic mass is 10.1. The summed E-state index contributed by atoms with van der Waals surface area (Å²) in [4.78, 5) is 37.8. The van der Waals surface area contributed by atoms with E-state index in [9.17, 15) is 9.59 Å². The van der Waals surface area contributed by atoms with E-state index in [1.54, 1.807) is 7.05 Å². The van der Waals surface area contributed by atoms with Crippen molar-refractivity contribution in [3.8, 4) is 0 Å². The summed E-state index contributed by atoms with van der Waals surface area (Å²) in [7, 11) is 1.69. The van der Waals surface area contributed by atoms with Crippen LogP contribution in [0.2, 0.25) is 0 Å². The van der Waals surface area contributed by atoms with Gasteiger partial charge in [-0.15, -0.1) is 0 Å². The number of urea groups is 1. The molecule has 2 unspecified atom stereocenters. The smallest absolute Gasteiger partial charge is 0.325 e. The summed E-state index contributed by atoms with van der Waals surface area (Å²) in [6.45, 7) is 10.2. The molecule has 0 aliphatic carbocycles.